The summed E-state index contributed by atoms with van der Waals surface area (Å²) in [6.07, 6.45) is 2.44. The third kappa shape index (κ3) is 3.58. The van der Waals surface area contributed by atoms with Gasteiger partial charge in [0, 0.05) is 37.8 Å². The molecule has 1 aromatic rings. The summed E-state index contributed by atoms with van der Waals surface area (Å²) in [6, 6.07) is 8.30. The Labute approximate surface area is 193 Å². The van der Waals surface area contributed by atoms with Crippen molar-refractivity contribution in [2.75, 3.05) is 20.1 Å². The van der Waals surface area contributed by atoms with Gasteiger partial charge in [-0.3, -0.25) is 19.3 Å². The van der Waals surface area contributed by atoms with E-state index in [0.717, 1.165) is 18.4 Å². The molecule has 0 spiro atoms. The Bertz CT molecular complexity index is 1040. The second kappa shape index (κ2) is 8.12. The van der Waals surface area contributed by atoms with Gasteiger partial charge in [-0.25, -0.2) is 0 Å². The monoisotopic (exact) mass is 450 g/mol. The van der Waals surface area contributed by atoms with Gasteiger partial charge < -0.3 is 20.9 Å². The van der Waals surface area contributed by atoms with E-state index in [1.807, 2.05) is 34.9 Å². The molecule has 0 aromatic heterocycles. The molecule has 3 saturated heterocycles. The van der Waals surface area contributed by atoms with E-state index in [4.69, 9.17) is 5.73 Å². The van der Waals surface area contributed by atoms with Crippen LogP contribution in [0.25, 0.3) is 0 Å². The number of nitrogens with zero attached hydrogens (tertiary/aromatic N) is 4. The normalized spacial score (nSPS) is 31.8. The number of nitriles is 1. The Kier molecular flexibility index (Phi) is 5.38. The van der Waals surface area contributed by atoms with Crippen LogP contribution in [0, 0.1) is 17.2 Å². The van der Waals surface area contributed by atoms with E-state index in [1.54, 1.807) is 18.0 Å². The molecule has 4 fully saturated rings. The molecule has 1 aromatic carbocycles. The number of hydrogen-bond acceptors (Lipinski definition) is 6. The first-order valence-electron chi connectivity index (χ1n) is 11.7. The number of carbonyl (C=O) groups excluding carboxylic acids is 3. The average Bonchev–Trinajstić information content (AvgIpc) is 3.15. The van der Waals surface area contributed by atoms with E-state index < -0.39 is 6.04 Å². The maximum Gasteiger partial charge on any atom is 0.251 e. The molecule has 1 saturated carbocycles. The van der Waals surface area contributed by atoms with Gasteiger partial charge in [-0.2, -0.15) is 5.26 Å². The summed E-state index contributed by atoms with van der Waals surface area (Å²) in [7, 11) is 1.60. The molecule has 9 nitrogen and oxygen atoms in total. The molecule has 0 radical (unpaired) electrons. The van der Waals surface area contributed by atoms with Crippen LogP contribution in [0.1, 0.15) is 48.1 Å². The summed E-state index contributed by atoms with van der Waals surface area (Å²) in [4.78, 5) is 43.9. The van der Waals surface area contributed by atoms with Crippen molar-refractivity contribution < 1.29 is 14.4 Å². The molecule has 2 bridgehead atoms. The predicted molar refractivity (Wildman–Crippen MR) is 120 cm³/mol. The summed E-state index contributed by atoms with van der Waals surface area (Å²) in [5.41, 5.74) is 7.78. The third-order valence-electron chi connectivity index (χ3n) is 7.85. The highest BCUT2D eigenvalue weighted by Crippen LogP contribution is 2.48. The van der Waals surface area contributed by atoms with Crippen molar-refractivity contribution in [3.63, 3.8) is 0 Å². The highest BCUT2D eigenvalue weighted by atomic mass is 16.2. The molecule has 7 atom stereocenters. The van der Waals surface area contributed by atoms with Crippen LogP contribution >= 0.6 is 0 Å². The smallest absolute Gasteiger partial charge is 0.251 e. The summed E-state index contributed by atoms with van der Waals surface area (Å²) >= 11 is 0. The topological polar surface area (TPSA) is 123 Å². The van der Waals surface area contributed by atoms with Gasteiger partial charge in [-0.05, 0) is 49.8 Å². The van der Waals surface area contributed by atoms with Crippen LogP contribution in [0.4, 0.5) is 0 Å². The number of piperazine rings is 1. The minimum absolute atomic E-state index is 0.0436. The quantitative estimate of drug-likeness (QED) is 0.640. The van der Waals surface area contributed by atoms with Crippen LogP contribution in [-0.2, 0) is 9.59 Å². The molecule has 3 amide bonds. The fraction of sp³-hybridized carbons (Fsp3) is 0.583. The Morgan fingerprint density at radius 1 is 1.30 bits per heavy atom. The lowest BCUT2D eigenvalue weighted by Crippen LogP contribution is -2.57. The lowest BCUT2D eigenvalue weighted by atomic mass is 10.0. The number of benzene rings is 1. The minimum Gasteiger partial charge on any atom is -0.355 e. The average molecular weight is 451 g/mol. The molecule has 3 N–H and O–H groups in total. The number of fused-ring (bicyclic) bond motifs is 3. The zero-order chi connectivity index (χ0) is 23.4. The fourth-order valence-electron chi connectivity index (χ4n) is 6.05. The number of carbonyl (C=O) groups is 3. The number of likely N-dealkylation sites (tertiary alicyclic amines) is 3. The maximum atomic E-state index is 13.3. The standard InChI is InChI=1S/C24H30N6O3/c1-13(14-4-3-5-15(6-14)22(31)27-2)29-18-9-21(24(29)33)28(11-18)12-19(26)23(32)30-17(10-25)7-16-8-20(16)30/h3-6,13,16-21H,7-9,11-12,26H2,1-2H3,(H,27,31)/t13-,16-,17+,18+,19+,20+,21+/m1/s1. The lowest BCUT2D eigenvalue weighted by Gasteiger charge is -2.38. The number of nitrogens with one attached hydrogen (secondary N) is 1. The van der Waals surface area contributed by atoms with E-state index in [-0.39, 0.29) is 47.9 Å². The van der Waals surface area contributed by atoms with Gasteiger partial charge in [-0.1, -0.05) is 12.1 Å². The number of piperidine rings is 1. The lowest BCUT2D eigenvalue weighted by molar-refractivity contribution is -0.141. The van der Waals surface area contributed by atoms with Crippen LogP contribution in [-0.4, -0.2) is 82.8 Å². The first kappa shape index (κ1) is 21.9. The number of rotatable bonds is 6. The van der Waals surface area contributed by atoms with Gasteiger partial charge >= 0.3 is 0 Å². The summed E-state index contributed by atoms with van der Waals surface area (Å²) in [6.45, 7) is 2.99. The van der Waals surface area contributed by atoms with Gasteiger partial charge in [0.25, 0.3) is 5.91 Å². The van der Waals surface area contributed by atoms with E-state index in [1.165, 1.54) is 0 Å². The molecular formula is C24H30N6O3. The van der Waals surface area contributed by atoms with Crippen molar-refractivity contribution >= 4 is 17.7 Å². The highest BCUT2D eigenvalue weighted by Gasteiger charge is 2.56. The summed E-state index contributed by atoms with van der Waals surface area (Å²) < 4.78 is 0. The molecular weight excluding hydrogens is 420 g/mol. The van der Waals surface area contributed by atoms with Crippen LogP contribution in [0.2, 0.25) is 0 Å². The summed E-state index contributed by atoms with van der Waals surface area (Å²) in [5.74, 6) is 0.171. The van der Waals surface area contributed by atoms with Crippen molar-refractivity contribution in [1.29, 1.82) is 5.26 Å². The third-order valence-corrected chi connectivity index (χ3v) is 7.85. The van der Waals surface area contributed by atoms with E-state index in [9.17, 15) is 19.6 Å². The maximum absolute atomic E-state index is 13.3. The molecule has 33 heavy (non-hydrogen) atoms. The number of hydrogen-bond donors (Lipinski definition) is 2. The first-order chi connectivity index (χ1) is 15.8. The van der Waals surface area contributed by atoms with Gasteiger partial charge in [0.05, 0.1) is 24.2 Å². The minimum atomic E-state index is -0.734. The summed E-state index contributed by atoms with van der Waals surface area (Å²) in [5, 5.41) is 12.0. The number of amides is 3. The van der Waals surface area contributed by atoms with Crippen molar-refractivity contribution in [2.24, 2.45) is 11.7 Å². The van der Waals surface area contributed by atoms with Gasteiger partial charge in [0.2, 0.25) is 11.8 Å². The molecule has 1 aliphatic carbocycles. The molecule has 5 rings (SSSR count). The molecule has 3 aliphatic heterocycles. The van der Waals surface area contributed by atoms with E-state index >= 15 is 0 Å². The number of nitrogens with two attached hydrogens (primary N) is 1. The zero-order valence-corrected chi connectivity index (χ0v) is 19.0. The SMILES string of the molecule is CNC(=O)c1cccc([C@@H](C)N2C(=O)[C@@H]3C[C@H]2CN3C[C@H](N)C(=O)N2[C@H](C#N)C[C@@H]3C[C@@H]32)c1. The predicted octanol–water partition coefficient (Wildman–Crippen LogP) is 0.233. The Morgan fingerprint density at radius 2 is 2.09 bits per heavy atom. The molecule has 0 unspecified atom stereocenters. The molecule has 3 heterocycles. The molecule has 4 aliphatic rings. The van der Waals surface area contributed by atoms with Crippen molar-refractivity contribution in [3.8, 4) is 6.07 Å². The Morgan fingerprint density at radius 3 is 2.79 bits per heavy atom. The Balaban J connectivity index is 1.24. The van der Waals surface area contributed by atoms with Crippen molar-refractivity contribution in [2.45, 2.75) is 62.4 Å². The van der Waals surface area contributed by atoms with Gasteiger partial charge in [-0.15, -0.1) is 0 Å². The molecule has 9 heteroatoms. The van der Waals surface area contributed by atoms with Crippen LogP contribution in [0.5, 0.6) is 0 Å². The van der Waals surface area contributed by atoms with Crippen LogP contribution < -0.4 is 11.1 Å². The van der Waals surface area contributed by atoms with Crippen molar-refractivity contribution in [1.82, 2.24) is 20.0 Å². The van der Waals surface area contributed by atoms with Crippen LogP contribution in [0.15, 0.2) is 24.3 Å². The van der Waals surface area contributed by atoms with Crippen molar-refractivity contribution in [3.05, 3.63) is 35.4 Å². The second-order valence-electron chi connectivity index (χ2n) is 9.78. The Hall–Kier alpha value is -2.96. The fourth-order valence-corrected chi connectivity index (χ4v) is 6.05. The van der Waals surface area contributed by atoms with Gasteiger partial charge in [0.15, 0.2) is 0 Å². The zero-order valence-electron chi connectivity index (χ0n) is 19.0. The van der Waals surface area contributed by atoms with E-state index in [2.05, 4.69) is 11.4 Å². The van der Waals surface area contributed by atoms with Gasteiger partial charge in [0.1, 0.15) is 6.04 Å². The highest BCUT2D eigenvalue weighted by molar-refractivity contribution is 5.94. The second-order valence-corrected chi connectivity index (χ2v) is 9.78. The largest absolute Gasteiger partial charge is 0.355 e. The van der Waals surface area contributed by atoms with Crippen LogP contribution in [0.3, 0.4) is 0 Å². The molecule has 174 valence electrons. The first-order valence-corrected chi connectivity index (χ1v) is 11.7. The van der Waals surface area contributed by atoms with E-state index in [0.29, 0.717) is 31.0 Å².